The predicted octanol–water partition coefficient (Wildman–Crippen LogP) is 12.0. The molecule has 1 fully saturated rings. The van der Waals surface area contributed by atoms with Crippen LogP contribution in [0.5, 0.6) is 0 Å². The van der Waals surface area contributed by atoms with Gasteiger partial charge in [0.05, 0.1) is 17.7 Å². The van der Waals surface area contributed by atoms with Gasteiger partial charge in [-0.05, 0) is 131 Å². The minimum atomic E-state index is -0.207. The van der Waals surface area contributed by atoms with Crippen molar-refractivity contribution in [2.24, 2.45) is 4.99 Å². The molecule has 0 radical (unpaired) electrons. The number of ether oxygens (including phenoxy) is 2. The summed E-state index contributed by atoms with van der Waals surface area (Å²) in [6.45, 7) is 19.5. The van der Waals surface area contributed by atoms with Crippen molar-refractivity contribution in [3.05, 3.63) is 142 Å². The van der Waals surface area contributed by atoms with E-state index in [0.29, 0.717) is 13.2 Å². The van der Waals surface area contributed by atoms with Gasteiger partial charge in [0, 0.05) is 84.9 Å². The smallest absolute Gasteiger partial charge is 0.209 e. The number of rotatable bonds is 14. The fourth-order valence-corrected chi connectivity index (χ4v) is 9.11. The first-order valence-corrected chi connectivity index (χ1v) is 21.5. The van der Waals surface area contributed by atoms with Gasteiger partial charge in [-0.15, -0.1) is 0 Å². The molecule has 3 aliphatic rings. The summed E-state index contributed by atoms with van der Waals surface area (Å²) in [5.74, 6) is 0. The molecule has 59 heavy (non-hydrogen) atoms. The van der Waals surface area contributed by atoms with Gasteiger partial charge in [-0.1, -0.05) is 61.4 Å². The molecule has 2 heterocycles. The molecule has 2 aliphatic heterocycles. The molecule has 0 atom stereocenters. The highest BCUT2D eigenvalue weighted by molar-refractivity contribution is 6.13. The molecule has 1 aliphatic carbocycles. The van der Waals surface area contributed by atoms with Gasteiger partial charge in [-0.25, -0.2) is 0 Å². The van der Waals surface area contributed by atoms with Crippen LogP contribution in [0, 0.1) is 13.8 Å². The fraction of sp³-hybridized carbons (Fsp3) is 0.385. The lowest BCUT2D eigenvalue weighted by atomic mass is 9.79. The van der Waals surface area contributed by atoms with E-state index >= 15 is 0 Å². The second-order valence-corrected chi connectivity index (χ2v) is 17.3. The minimum Gasteiger partial charge on any atom is -0.383 e. The van der Waals surface area contributed by atoms with Gasteiger partial charge in [0.15, 0.2) is 12.3 Å². The molecule has 0 spiro atoms. The Morgan fingerprint density at radius 1 is 0.712 bits per heavy atom. The molecule has 0 unspecified atom stereocenters. The summed E-state index contributed by atoms with van der Waals surface area (Å²) >= 11 is 0. The van der Waals surface area contributed by atoms with E-state index in [-0.39, 0.29) is 10.8 Å². The maximum atomic E-state index is 5.64. The van der Waals surface area contributed by atoms with Crippen molar-refractivity contribution < 1.29 is 14.0 Å². The molecule has 7 rings (SSSR count). The zero-order valence-corrected chi connectivity index (χ0v) is 36.8. The Bertz CT molecular complexity index is 2310. The normalized spacial score (nSPS) is 19.6. The third-order valence-electron chi connectivity index (χ3n) is 12.4. The summed E-state index contributed by atoms with van der Waals surface area (Å²) in [6.07, 6.45) is 11.2. The Balaban J connectivity index is 1.17. The first-order chi connectivity index (χ1) is 28.4. The van der Waals surface area contributed by atoms with Gasteiger partial charge in [-0.3, -0.25) is 4.99 Å². The highest BCUT2D eigenvalue weighted by Crippen LogP contribution is 2.49. The lowest BCUT2D eigenvalue weighted by Gasteiger charge is -2.27. The van der Waals surface area contributed by atoms with E-state index in [1.54, 1.807) is 14.2 Å². The average Bonchev–Trinajstić information content (AvgIpc) is 3.57. The van der Waals surface area contributed by atoms with Gasteiger partial charge in [0.1, 0.15) is 6.61 Å². The first kappa shape index (κ1) is 41.9. The number of aliphatic imine (C=N–C) groups is 1. The van der Waals surface area contributed by atoms with Gasteiger partial charge in [0.2, 0.25) is 5.69 Å². The summed E-state index contributed by atoms with van der Waals surface area (Å²) in [6, 6.07) is 30.8. The lowest BCUT2D eigenvalue weighted by molar-refractivity contribution is -0.443. The van der Waals surface area contributed by atoms with E-state index < -0.39 is 0 Å². The van der Waals surface area contributed by atoms with Crippen LogP contribution in [0.3, 0.4) is 0 Å². The molecule has 4 aromatic rings. The van der Waals surface area contributed by atoms with Gasteiger partial charge in [-0.2, -0.15) is 4.58 Å². The summed E-state index contributed by atoms with van der Waals surface area (Å²) < 4.78 is 13.8. The van der Waals surface area contributed by atoms with Crippen LogP contribution in [-0.2, 0) is 20.3 Å². The largest absolute Gasteiger partial charge is 0.383 e. The molecule has 0 saturated heterocycles. The molecular formula is C52H64N5O2+. The third-order valence-corrected chi connectivity index (χ3v) is 12.4. The molecule has 7 nitrogen and oxygen atoms in total. The third kappa shape index (κ3) is 8.88. The minimum absolute atomic E-state index is 0.158. The van der Waals surface area contributed by atoms with Crippen molar-refractivity contribution in [2.75, 3.05) is 62.6 Å². The Hall–Kier alpha value is -5.24. The number of hydrogen-bond acceptors (Lipinski definition) is 6. The second kappa shape index (κ2) is 17.9. The number of hydrogen-bond donors (Lipinski definition) is 2. The second-order valence-electron chi connectivity index (χ2n) is 17.3. The van der Waals surface area contributed by atoms with Crippen LogP contribution >= 0.6 is 0 Å². The van der Waals surface area contributed by atoms with E-state index in [4.69, 9.17) is 14.5 Å². The number of nitrogens with one attached hydrogen (secondary N) is 2. The standard InChI is InChI=1S/C52H64N5O2/c1-10-53-50-38(18-28-48-51(4,5)44-34-42(54-40-20-14-36(2)15-21-40)24-26-46(44)56(48)30-32-58-8)12-11-13-39(50)19-29-49-52(6,7)45-35-43(55-41-22-16-37(3)17-23-41)25-27-47(45)57(49)31-33-59-9/h14-28,34-35,54-55H,10-13,29-33H2,1-9H3/q+1. The lowest BCUT2D eigenvalue weighted by Crippen LogP contribution is -2.30. The number of fused-ring (bicyclic) bond motifs is 2. The zero-order chi connectivity index (χ0) is 41.7. The number of allylic oxidation sites excluding steroid dienone is 6. The highest BCUT2D eigenvalue weighted by atomic mass is 16.5. The van der Waals surface area contributed by atoms with E-state index in [0.717, 1.165) is 68.1 Å². The molecule has 0 bridgehead atoms. The maximum absolute atomic E-state index is 5.64. The van der Waals surface area contributed by atoms with Gasteiger partial charge < -0.3 is 25.0 Å². The fourth-order valence-electron chi connectivity index (χ4n) is 9.11. The van der Waals surface area contributed by atoms with Crippen LogP contribution < -0.4 is 15.5 Å². The number of methoxy groups -OCH3 is 2. The Morgan fingerprint density at radius 2 is 1.31 bits per heavy atom. The van der Waals surface area contributed by atoms with Crippen LogP contribution in [-0.4, -0.2) is 63.1 Å². The molecular weight excluding hydrogens is 727 g/mol. The van der Waals surface area contributed by atoms with Gasteiger partial charge in [0.25, 0.3) is 0 Å². The number of benzene rings is 4. The number of anilines is 5. The molecule has 1 saturated carbocycles. The monoisotopic (exact) mass is 791 g/mol. The van der Waals surface area contributed by atoms with Crippen molar-refractivity contribution in [1.29, 1.82) is 0 Å². The van der Waals surface area contributed by atoms with Crippen LogP contribution in [0.15, 0.2) is 125 Å². The Morgan fingerprint density at radius 3 is 1.93 bits per heavy atom. The van der Waals surface area contributed by atoms with Crippen LogP contribution in [0.4, 0.5) is 34.1 Å². The first-order valence-electron chi connectivity index (χ1n) is 21.5. The summed E-state index contributed by atoms with van der Waals surface area (Å²) in [5.41, 5.74) is 18.2. The summed E-state index contributed by atoms with van der Waals surface area (Å²) in [5, 5.41) is 7.28. The zero-order valence-electron chi connectivity index (χ0n) is 36.8. The van der Waals surface area contributed by atoms with Crippen molar-refractivity contribution in [3.63, 3.8) is 0 Å². The van der Waals surface area contributed by atoms with Crippen LogP contribution in [0.2, 0.25) is 0 Å². The molecule has 0 amide bonds. The number of nitrogens with zero attached hydrogens (tertiary/aromatic N) is 3. The van der Waals surface area contributed by atoms with E-state index in [2.05, 4.69) is 172 Å². The van der Waals surface area contributed by atoms with Crippen molar-refractivity contribution in [2.45, 2.75) is 85.0 Å². The maximum Gasteiger partial charge on any atom is 0.209 e. The summed E-state index contributed by atoms with van der Waals surface area (Å²) in [7, 11) is 3.58. The van der Waals surface area contributed by atoms with Crippen molar-refractivity contribution in [1.82, 2.24) is 0 Å². The molecule has 308 valence electrons. The molecule has 2 N–H and O–H groups in total. The number of aryl methyl sites for hydroxylation is 2. The van der Waals surface area contributed by atoms with E-state index in [9.17, 15) is 0 Å². The van der Waals surface area contributed by atoms with Crippen molar-refractivity contribution in [3.8, 4) is 0 Å². The Kier molecular flexibility index (Phi) is 12.7. The predicted molar refractivity (Wildman–Crippen MR) is 249 cm³/mol. The topological polar surface area (TPSA) is 61.1 Å². The quantitative estimate of drug-likeness (QED) is 0.125. The van der Waals surface area contributed by atoms with Crippen LogP contribution in [0.25, 0.3) is 0 Å². The SMILES string of the molecule is CCN=C1C(=CC=C2N(CCOC)c3ccc(Nc4ccc(C)cc4)cc3C2(C)C)CCCC1=CCC1=[N+](CCOC)c2ccc(Nc3ccc(C)cc3)cc2C1(C)C. The Labute approximate surface area is 353 Å². The highest BCUT2D eigenvalue weighted by Gasteiger charge is 2.45. The average molecular weight is 791 g/mol. The summed E-state index contributed by atoms with van der Waals surface area (Å²) in [4.78, 5) is 7.65. The van der Waals surface area contributed by atoms with Crippen LogP contribution in [0.1, 0.15) is 82.6 Å². The molecule has 7 heteroatoms. The van der Waals surface area contributed by atoms with Gasteiger partial charge >= 0.3 is 0 Å². The molecule has 0 aromatic heterocycles. The van der Waals surface area contributed by atoms with Crippen molar-refractivity contribution >= 4 is 45.5 Å². The molecule has 4 aromatic carbocycles. The van der Waals surface area contributed by atoms with E-state index in [1.807, 2.05) is 0 Å². The van der Waals surface area contributed by atoms with E-state index in [1.165, 1.54) is 61.9 Å².